The first kappa shape index (κ1) is 15.6. The van der Waals surface area contributed by atoms with Crippen LogP contribution in [-0.4, -0.2) is 29.6 Å². The number of nitro benzene ring substituents is 1. The van der Waals surface area contributed by atoms with Crippen LogP contribution in [0.3, 0.4) is 0 Å². The number of nitro groups is 1. The molecule has 0 unspecified atom stereocenters. The number of para-hydroxylation sites is 1. The van der Waals surface area contributed by atoms with Crippen LogP contribution in [0.1, 0.15) is 20.3 Å². The lowest BCUT2D eigenvalue weighted by molar-refractivity contribution is -0.385. The van der Waals surface area contributed by atoms with Crippen LogP contribution < -0.4 is 10.1 Å². The molecule has 1 N–H and O–H groups in total. The Labute approximate surface area is 117 Å². The first-order valence-electron chi connectivity index (χ1n) is 6.23. The first-order chi connectivity index (χ1) is 9.06. The SMILES string of the molecule is CSCCCNc1cccc(OC(C)C)c1[N+](=O)[O-]. The summed E-state index contributed by atoms with van der Waals surface area (Å²) < 4.78 is 5.49. The van der Waals surface area contributed by atoms with Gasteiger partial charge in [0.25, 0.3) is 0 Å². The van der Waals surface area contributed by atoms with E-state index in [1.807, 2.05) is 20.1 Å². The largest absolute Gasteiger partial charge is 0.484 e. The Morgan fingerprint density at radius 1 is 1.47 bits per heavy atom. The Balaban J connectivity index is 2.87. The van der Waals surface area contributed by atoms with Gasteiger partial charge in [0.1, 0.15) is 5.69 Å². The second-order valence-corrected chi connectivity index (χ2v) is 5.33. The maximum atomic E-state index is 11.2. The minimum absolute atomic E-state index is 0.0142. The van der Waals surface area contributed by atoms with Gasteiger partial charge in [-0.3, -0.25) is 10.1 Å². The number of benzene rings is 1. The van der Waals surface area contributed by atoms with Crippen LogP contribution in [0.2, 0.25) is 0 Å². The van der Waals surface area contributed by atoms with Gasteiger partial charge < -0.3 is 10.1 Å². The number of nitrogens with one attached hydrogen (secondary N) is 1. The Morgan fingerprint density at radius 3 is 2.79 bits per heavy atom. The molecular formula is C13H20N2O3S. The van der Waals surface area contributed by atoms with Gasteiger partial charge in [0, 0.05) is 6.54 Å². The minimum Gasteiger partial charge on any atom is -0.484 e. The highest BCUT2D eigenvalue weighted by Gasteiger charge is 2.21. The molecule has 0 radical (unpaired) electrons. The van der Waals surface area contributed by atoms with E-state index < -0.39 is 4.92 Å². The molecule has 0 heterocycles. The van der Waals surface area contributed by atoms with E-state index in [9.17, 15) is 10.1 Å². The van der Waals surface area contributed by atoms with Crippen molar-refractivity contribution >= 4 is 23.1 Å². The summed E-state index contributed by atoms with van der Waals surface area (Å²) in [5.74, 6) is 1.35. The summed E-state index contributed by atoms with van der Waals surface area (Å²) in [4.78, 5) is 10.8. The van der Waals surface area contributed by atoms with E-state index in [4.69, 9.17) is 4.74 Å². The molecule has 19 heavy (non-hydrogen) atoms. The smallest absolute Gasteiger partial charge is 0.333 e. The standard InChI is InChI=1S/C13H20N2O3S/c1-10(2)18-12-7-4-6-11(13(12)15(16)17)14-8-5-9-19-3/h4,6-7,10,14H,5,8-9H2,1-3H3. The van der Waals surface area contributed by atoms with Gasteiger partial charge in [-0.2, -0.15) is 11.8 Å². The van der Waals surface area contributed by atoms with Gasteiger partial charge in [-0.1, -0.05) is 6.07 Å². The van der Waals surface area contributed by atoms with Crippen molar-refractivity contribution in [3.8, 4) is 5.75 Å². The van der Waals surface area contributed by atoms with E-state index >= 15 is 0 Å². The van der Waals surface area contributed by atoms with Crippen LogP contribution >= 0.6 is 11.8 Å². The molecular weight excluding hydrogens is 264 g/mol. The number of hydrogen-bond donors (Lipinski definition) is 1. The fraction of sp³-hybridized carbons (Fsp3) is 0.538. The van der Waals surface area contributed by atoms with E-state index in [1.54, 1.807) is 30.0 Å². The molecule has 5 nitrogen and oxygen atoms in total. The van der Waals surface area contributed by atoms with Crippen LogP contribution in [0, 0.1) is 10.1 Å². The van der Waals surface area contributed by atoms with E-state index in [0.29, 0.717) is 18.0 Å². The average molecular weight is 284 g/mol. The molecule has 0 fully saturated rings. The van der Waals surface area contributed by atoms with E-state index in [1.165, 1.54) is 0 Å². The van der Waals surface area contributed by atoms with Crippen LogP contribution in [0.5, 0.6) is 5.75 Å². The van der Waals surface area contributed by atoms with Crippen LogP contribution in [0.25, 0.3) is 0 Å². The molecule has 0 atom stereocenters. The molecule has 1 aromatic carbocycles. The zero-order valence-corrected chi connectivity index (χ0v) is 12.3. The number of thioether (sulfide) groups is 1. The Kier molecular flexibility index (Phi) is 6.49. The molecule has 0 amide bonds. The van der Waals surface area contributed by atoms with Gasteiger partial charge in [0.05, 0.1) is 11.0 Å². The Hall–Kier alpha value is -1.43. The quantitative estimate of drug-likeness (QED) is 0.449. The fourth-order valence-electron chi connectivity index (χ4n) is 1.64. The lowest BCUT2D eigenvalue weighted by Crippen LogP contribution is -2.10. The van der Waals surface area contributed by atoms with Gasteiger partial charge in [-0.05, 0) is 44.4 Å². The molecule has 0 saturated carbocycles. The van der Waals surface area contributed by atoms with Crippen molar-refractivity contribution < 1.29 is 9.66 Å². The molecule has 106 valence electrons. The summed E-state index contributed by atoms with van der Waals surface area (Å²) in [6.07, 6.45) is 2.91. The molecule has 0 saturated heterocycles. The third kappa shape index (κ3) is 4.98. The van der Waals surface area contributed by atoms with Crippen molar-refractivity contribution in [2.45, 2.75) is 26.4 Å². The maximum Gasteiger partial charge on any atom is 0.333 e. The second kappa shape index (κ2) is 7.89. The minimum atomic E-state index is -0.394. The highest BCUT2D eigenvalue weighted by atomic mass is 32.2. The molecule has 6 heteroatoms. The van der Waals surface area contributed by atoms with Crippen LogP contribution in [-0.2, 0) is 0 Å². The molecule has 0 aliphatic heterocycles. The summed E-state index contributed by atoms with van der Waals surface area (Å²) in [7, 11) is 0. The number of hydrogen-bond acceptors (Lipinski definition) is 5. The van der Waals surface area contributed by atoms with E-state index in [0.717, 1.165) is 12.2 Å². The highest BCUT2D eigenvalue weighted by Crippen LogP contribution is 2.35. The first-order valence-corrected chi connectivity index (χ1v) is 7.62. The normalized spacial score (nSPS) is 10.5. The van der Waals surface area contributed by atoms with E-state index in [2.05, 4.69) is 5.32 Å². The van der Waals surface area contributed by atoms with E-state index in [-0.39, 0.29) is 11.8 Å². The van der Waals surface area contributed by atoms with Crippen molar-refractivity contribution in [3.63, 3.8) is 0 Å². The summed E-state index contributed by atoms with van der Waals surface area (Å²) in [6.45, 7) is 4.41. The summed E-state index contributed by atoms with van der Waals surface area (Å²) in [6, 6.07) is 5.11. The van der Waals surface area contributed by atoms with Crippen molar-refractivity contribution in [1.82, 2.24) is 0 Å². The zero-order chi connectivity index (χ0) is 14.3. The molecule has 0 aromatic heterocycles. The predicted octanol–water partition coefficient (Wildman–Crippen LogP) is 3.55. The number of ether oxygens (including phenoxy) is 1. The third-order valence-electron chi connectivity index (χ3n) is 2.38. The van der Waals surface area contributed by atoms with Crippen molar-refractivity contribution in [2.75, 3.05) is 23.9 Å². The van der Waals surface area contributed by atoms with Gasteiger partial charge in [0.2, 0.25) is 0 Å². The van der Waals surface area contributed by atoms with Gasteiger partial charge in [-0.15, -0.1) is 0 Å². The Bertz CT molecular complexity index is 424. The van der Waals surface area contributed by atoms with Crippen LogP contribution in [0.4, 0.5) is 11.4 Å². The molecule has 0 aliphatic rings. The monoisotopic (exact) mass is 284 g/mol. The topological polar surface area (TPSA) is 64.4 Å². The number of nitrogens with zero attached hydrogens (tertiary/aromatic N) is 1. The molecule has 0 bridgehead atoms. The summed E-state index contributed by atoms with van der Waals surface area (Å²) >= 11 is 1.76. The summed E-state index contributed by atoms with van der Waals surface area (Å²) in [5, 5.41) is 14.3. The zero-order valence-electron chi connectivity index (χ0n) is 11.5. The third-order valence-corrected chi connectivity index (χ3v) is 3.08. The molecule has 1 rings (SSSR count). The maximum absolute atomic E-state index is 11.2. The predicted molar refractivity (Wildman–Crippen MR) is 80.3 cm³/mol. The van der Waals surface area contributed by atoms with Gasteiger partial charge in [0.15, 0.2) is 5.75 Å². The van der Waals surface area contributed by atoms with Gasteiger partial charge in [-0.25, -0.2) is 0 Å². The Morgan fingerprint density at radius 2 is 2.21 bits per heavy atom. The molecule has 1 aromatic rings. The molecule has 0 aliphatic carbocycles. The lowest BCUT2D eigenvalue weighted by atomic mass is 10.2. The second-order valence-electron chi connectivity index (χ2n) is 4.35. The van der Waals surface area contributed by atoms with Crippen molar-refractivity contribution in [3.05, 3.63) is 28.3 Å². The van der Waals surface area contributed by atoms with Gasteiger partial charge >= 0.3 is 5.69 Å². The summed E-state index contributed by atoms with van der Waals surface area (Å²) in [5.41, 5.74) is 0.532. The van der Waals surface area contributed by atoms with Crippen LogP contribution in [0.15, 0.2) is 18.2 Å². The van der Waals surface area contributed by atoms with Crippen molar-refractivity contribution in [2.24, 2.45) is 0 Å². The number of anilines is 1. The average Bonchev–Trinajstić information content (AvgIpc) is 2.33. The number of rotatable bonds is 8. The lowest BCUT2D eigenvalue weighted by Gasteiger charge is -2.13. The fourth-order valence-corrected chi connectivity index (χ4v) is 2.07. The molecule has 0 spiro atoms. The highest BCUT2D eigenvalue weighted by molar-refractivity contribution is 7.98. The van der Waals surface area contributed by atoms with Crippen molar-refractivity contribution in [1.29, 1.82) is 0 Å².